The lowest BCUT2D eigenvalue weighted by Crippen LogP contribution is -2.08. The Morgan fingerprint density at radius 2 is 2.05 bits per heavy atom. The van der Waals surface area contributed by atoms with Crippen LogP contribution < -0.4 is 5.32 Å². The standard InChI is InChI=1S/C15H23NO3/c1-3-5-6-7-11-19-15(18)12-9-8-10-13(14(12)17)16-4-2/h8-10,16-17H,3-7,11H2,1-2H3. The van der Waals surface area contributed by atoms with Crippen LogP contribution >= 0.6 is 0 Å². The molecule has 1 rings (SSSR count). The van der Waals surface area contributed by atoms with Crippen LogP contribution in [0.4, 0.5) is 5.69 Å². The zero-order chi connectivity index (χ0) is 14.1. The third-order valence-corrected chi connectivity index (χ3v) is 2.85. The molecule has 0 saturated heterocycles. The zero-order valence-corrected chi connectivity index (χ0v) is 11.7. The Morgan fingerprint density at radius 1 is 1.26 bits per heavy atom. The van der Waals surface area contributed by atoms with Crippen molar-refractivity contribution < 1.29 is 14.6 Å². The van der Waals surface area contributed by atoms with Gasteiger partial charge in [-0.15, -0.1) is 0 Å². The summed E-state index contributed by atoms with van der Waals surface area (Å²) < 4.78 is 5.16. The Bertz CT molecular complexity index is 404. The normalized spacial score (nSPS) is 10.2. The fraction of sp³-hybridized carbons (Fsp3) is 0.533. The predicted octanol–water partition coefficient (Wildman–Crippen LogP) is 3.56. The average Bonchev–Trinajstić information content (AvgIpc) is 2.41. The Morgan fingerprint density at radius 3 is 2.74 bits per heavy atom. The summed E-state index contributed by atoms with van der Waals surface area (Å²) in [7, 11) is 0. The molecular formula is C15H23NO3. The van der Waals surface area contributed by atoms with Crippen LogP contribution in [0.2, 0.25) is 0 Å². The largest absolute Gasteiger partial charge is 0.505 e. The van der Waals surface area contributed by atoms with Crippen molar-refractivity contribution in [2.24, 2.45) is 0 Å². The fourth-order valence-electron chi connectivity index (χ4n) is 1.81. The number of benzene rings is 1. The highest BCUT2D eigenvalue weighted by molar-refractivity contribution is 5.94. The maximum absolute atomic E-state index is 11.8. The van der Waals surface area contributed by atoms with Crippen LogP contribution in [0, 0.1) is 0 Å². The maximum Gasteiger partial charge on any atom is 0.341 e. The third-order valence-electron chi connectivity index (χ3n) is 2.85. The van der Waals surface area contributed by atoms with E-state index in [0.29, 0.717) is 18.8 Å². The van der Waals surface area contributed by atoms with Crippen molar-refractivity contribution >= 4 is 11.7 Å². The van der Waals surface area contributed by atoms with Crippen molar-refractivity contribution in [2.75, 3.05) is 18.5 Å². The van der Waals surface area contributed by atoms with Crippen LogP contribution in [0.25, 0.3) is 0 Å². The molecule has 1 aromatic rings. The van der Waals surface area contributed by atoms with Crippen molar-refractivity contribution in [3.63, 3.8) is 0 Å². The number of carbonyl (C=O) groups is 1. The van der Waals surface area contributed by atoms with Gasteiger partial charge in [0.2, 0.25) is 0 Å². The number of rotatable bonds is 8. The van der Waals surface area contributed by atoms with Gasteiger partial charge in [0.1, 0.15) is 5.56 Å². The highest BCUT2D eigenvalue weighted by atomic mass is 16.5. The van der Waals surface area contributed by atoms with Gasteiger partial charge in [0.05, 0.1) is 12.3 Å². The second-order valence-corrected chi connectivity index (χ2v) is 4.43. The SMILES string of the molecule is CCCCCCOC(=O)c1cccc(NCC)c1O. The van der Waals surface area contributed by atoms with E-state index >= 15 is 0 Å². The number of unbranched alkanes of at least 4 members (excludes halogenated alkanes) is 3. The van der Waals surface area contributed by atoms with E-state index in [0.717, 1.165) is 25.7 Å². The van der Waals surface area contributed by atoms with Gasteiger partial charge in [-0.2, -0.15) is 0 Å². The molecule has 0 saturated carbocycles. The third kappa shape index (κ3) is 4.81. The van der Waals surface area contributed by atoms with E-state index in [-0.39, 0.29) is 11.3 Å². The average molecular weight is 265 g/mol. The molecule has 0 fully saturated rings. The van der Waals surface area contributed by atoms with Crippen LogP contribution in [0.1, 0.15) is 49.9 Å². The molecule has 0 atom stereocenters. The Balaban J connectivity index is 2.54. The number of hydrogen-bond acceptors (Lipinski definition) is 4. The lowest BCUT2D eigenvalue weighted by Gasteiger charge is -2.10. The lowest BCUT2D eigenvalue weighted by atomic mass is 10.1. The van der Waals surface area contributed by atoms with Gasteiger partial charge in [0, 0.05) is 6.54 Å². The molecule has 0 aliphatic heterocycles. The van der Waals surface area contributed by atoms with Gasteiger partial charge in [-0.1, -0.05) is 32.3 Å². The summed E-state index contributed by atoms with van der Waals surface area (Å²) in [5, 5.41) is 13.0. The Labute approximate surface area is 114 Å². The van der Waals surface area contributed by atoms with E-state index in [1.54, 1.807) is 18.2 Å². The molecule has 0 aliphatic carbocycles. The minimum atomic E-state index is -0.464. The predicted molar refractivity (Wildman–Crippen MR) is 76.7 cm³/mol. The van der Waals surface area contributed by atoms with Gasteiger partial charge in [-0.25, -0.2) is 4.79 Å². The van der Waals surface area contributed by atoms with Gasteiger partial charge in [-0.3, -0.25) is 0 Å². The number of hydrogen-bond donors (Lipinski definition) is 2. The fourth-order valence-corrected chi connectivity index (χ4v) is 1.81. The Hall–Kier alpha value is -1.71. The summed E-state index contributed by atoms with van der Waals surface area (Å²) in [5.74, 6) is -0.503. The number of phenolic OH excluding ortho intramolecular Hbond substituents is 1. The van der Waals surface area contributed by atoms with Gasteiger partial charge < -0.3 is 15.2 Å². The number of carbonyl (C=O) groups excluding carboxylic acids is 1. The first-order valence-electron chi connectivity index (χ1n) is 6.93. The summed E-state index contributed by atoms with van der Waals surface area (Å²) in [5.41, 5.74) is 0.775. The van der Waals surface area contributed by atoms with Crippen molar-refractivity contribution in [1.29, 1.82) is 0 Å². The summed E-state index contributed by atoms with van der Waals surface area (Å²) in [4.78, 5) is 11.8. The molecule has 19 heavy (non-hydrogen) atoms. The second kappa shape index (κ2) is 8.40. The molecule has 0 aliphatic rings. The van der Waals surface area contributed by atoms with Crippen LogP contribution in [0.3, 0.4) is 0 Å². The topological polar surface area (TPSA) is 58.6 Å². The number of nitrogens with one attached hydrogen (secondary N) is 1. The molecule has 0 unspecified atom stereocenters. The first-order chi connectivity index (χ1) is 9.20. The number of ether oxygens (including phenoxy) is 1. The number of para-hydroxylation sites is 1. The molecule has 0 radical (unpaired) electrons. The quantitative estimate of drug-likeness (QED) is 0.428. The smallest absolute Gasteiger partial charge is 0.341 e. The van der Waals surface area contributed by atoms with Gasteiger partial charge in [0.15, 0.2) is 5.75 Å². The van der Waals surface area contributed by atoms with E-state index in [4.69, 9.17) is 4.74 Å². The number of anilines is 1. The molecule has 1 aromatic carbocycles. The maximum atomic E-state index is 11.8. The first-order valence-corrected chi connectivity index (χ1v) is 6.93. The van der Waals surface area contributed by atoms with Crippen molar-refractivity contribution in [3.8, 4) is 5.75 Å². The minimum Gasteiger partial charge on any atom is -0.505 e. The van der Waals surface area contributed by atoms with Gasteiger partial charge in [0.25, 0.3) is 0 Å². The first kappa shape index (κ1) is 15.3. The monoisotopic (exact) mass is 265 g/mol. The number of phenols is 1. The molecule has 2 N–H and O–H groups in total. The van der Waals surface area contributed by atoms with Gasteiger partial charge in [-0.05, 0) is 25.5 Å². The van der Waals surface area contributed by atoms with Crippen LogP contribution in [0.15, 0.2) is 18.2 Å². The van der Waals surface area contributed by atoms with E-state index in [1.165, 1.54) is 0 Å². The molecule has 4 heteroatoms. The highest BCUT2D eigenvalue weighted by Crippen LogP contribution is 2.27. The molecular weight excluding hydrogens is 242 g/mol. The summed E-state index contributed by atoms with van der Waals surface area (Å²) in [6.45, 7) is 5.15. The number of aromatic hydroxyl groups is 1. The molecule has 0 heterocycles. The minimum absolute atomic E-state index is 0.0390. The Kier molecular flexibility index (Phi) is 6.79. The molecule has 0 aromatic heterocycles. The molecule has 0 amide bonds. The van der Waals surface area contributed by atoms with Gasteiger partial charge >= 0.3 is 5.97 Å². The van der Waals surface area contributed by atoms with Crippen LogP contribution in [-0.4, -0.2) is 24.2 Å². The van der Waals surface area contributed by atoms with Crippen molar-refractivity contribution in [2.45, 2.75) is 39.5 Å². The summed E-state index contributed by atoms with van der Waals surface area (Å²) >= 11 is 0. The summed E-state index contributed by atoms with van der Waals surface area (Å²) in [6.07, 6.45) is 4.23. The lowest BCUT2D eigenvalue weighted by molar-refractivity contribution is 0.0494. The van der Waals surface area contributed by atoms with E-state index in [1.807, 2.05) is 6.92 Å². The molecule has 106 valence electrons. The van der Waals surface area contributed by atoms with E-state index < -0.39 is 5.97 Å². The summed E-state index contributed by atoms with van der Waals surface area (Å²) in [6, 6.07) is 5.03. The highest BCUT2D eigenvalue weighted by Gasteiger charge is 2.14. The zero-order valence-electron chi connectivity index (χ0n) is 11.7. The van der Waals surface area contributed by atoms with E-state index in [2.05, 4.69) is 12.2 Å². The van der Waals surface area contributed by atoms with Crippen molar-refractivity contribution in [3.05, 3.63) is 23.8 Å². The number of esters is 1. The van der Waals surface area contributed by atoms with E-state index in [9.17, 15) is 9.90 Å². The van der Waals surface area contributed by atoms with Crippen molar-refractivity contribution in [1.82, 2.24) is 0 Å². The second-order valence-electron chi connectivity index (χ2n) is 4.43. The van der Waals surface area contributed by atoms with Crippen LogP contribution in [-0.2, 0) is 4.74 Å². The molecule has 4 nitrogen and oxygen atoms in total. The van der Waals surface area contributed by atoms with Crippen LogP contribution in [0.5, 0.6) is 5.75 Å². The molecule has 0 bridgehead atoms. The molecule has 0 spiro atoms.